The molecule has 3 aromatic rings. The van der Waals surface area contributed by atoms with E-state index >= 15 is 0 Å². The lowest BCUT2D eigenvalue weighted by molar-refractivity contribution is -0.385. The lowest BCUT2D eigenvalue weighted by Crippen LogP contribution is -2.15. The minimum atomic E-state index is -4.21. The van der Waals surface area contributed by atoms with Crippen LogP contribution >= 0.6 is 11.6 Å². The second-order valence-electron chi connectivity index (χ2n) is 6.41. The summed E-state index contributed by atoms with van der Waals surface area (Å²) in [7, 11) is -8.08. The molecule has 3 rings (SSSR count). The molecule has 0 aliphatic heterocycles. The number of nitrogens with zero attached hydrogens (tertiary/aromatic N) is 1. The largest absolute Gasteiger partial charge is 0.280 e. The highest BCUT2D eigenvalue weighted by Gasteiger charge is 2.23. The number of hydrogen-bond acceptors (Lipinski definition) is 6. The summed E-state index contributed by atoms with van der Waals surface area (Å²) in [6.45, 7) is 1.41. The van der Waals surface area contributed by atoms with Gasteiger partial charge < -0.3 is 0 Å². The maximum absolute atomic E-state index is 12.6. The number of hydrogen-bond donors (Lipinski definition) is 2. The van der Waals surface area contributed by atoms with Gasteiger partial charge in [-0.05, 0) is 49.4 Å². The predicted molar refractivity (Wildman–Crippen MR) is 117 cm³/mol. The molecule has 0 aromatic heterocycles. The highest BCUT2D eigenvalue weighted by atomic mass is 35.5. The predicted octanol–water partition coefficient (Wildman–Crippen LogP) is 4.16. The van der Waals surface area contributed by atoms with E-state index < -0.39 is 35.6 Å². The second kappa shape index (κ2) is 8.53. The smallest absolute Gasteiger partial charge is 0.275 e. The average molecular weight is 482 g/mol. The molecular weight excluding hydrogens is 466 g/mol. The SMILES string of the molecule is Cc1c(Cl)cc(S(=O)(=O)Nc2ccc(S(=O)(=O)Nc3ccccc3)cc2)cc1[N+](=O)[O-]. The fourth-order valence-electron chi connectivity index (χ4n) is 2.62. The summed E-state index contributed by atoms with van der Waals surface area (Å²) in [5.41, 5.74) is 0.163. The Morgan fingerprint density at radius 1 is 0.806 bits per heavy atom. The number of nitro groups is 1. The Morgan fingerprint density at radius 2 is 1.32 bits per heavy atom. The van der Waals surface area contributed by atoms with Crippen LogP contribution in [0.25, 0.3) is 0 Å². The highest BCUT2D eigenvalue weighted by molar-refractivity contribution is 7.93. The summed E-state index contributed by atoms with van der Waals surface area (Å²) in [5.74, 6) is 0. The zero-order valence-electron chi connectivity index (χ0n) is 15.9. The zero-order valence-corrected chi connectivity index (χ0v) is 18.3. The van der Waals surface area contributed by atoms with Crippen molar-refractivity contribution in [1.29, 1.82) is 0 Å². The van der Waals surface area contributed by atoms with Crippen molar-refractivity contribution in [2.45, 2.75) is 16.7 Å². The molecule has 0 saturated heterocycles. The van der Waals surface area contributed by atoms with E-state index in [4.69, 9.17) is 11.6 Å². The van der Waals surface area contributed by atoms with E-state index in [-0.39, 0.29) is 21.2 Å². The third kappa shape index (κ3) is 5.13. The Kier molecular flexibility index (Phi) is 6.20. The van der Waals surface area contributed by atoms with Crippen LogP contribution in [0.15, 0.2) is 76.5 Å². The van der Waals surface area contributed by atoms with Crippen LogP contribution in [0.5, 0.6) is 0 Å². The van der Waals surface area contributed by atoms with E-state index in [9.17, 15) is 26.9 Å². The van der Waals surface area contributed by atoms with Gasteiger partial charge in [-0.2, -0.15) is 0 Å². The fourth-order valence-corrected chi connectivity index (χ4v) is 5.06. The van der Waals surface area contributed by atoms with Crippen molar-refractivity contribution in [3.8, 4) is 0 Å². The van der Waals surface area contributed by atoms with Crippen molar-refractivity contribution < 1.29 is 21.8 Å². The number of nitrogens with one attached hydrogen (secondary N) is 2. The first kappa shape index (κ1) is 22.5. The van der Waals surface area contributed by atoms with Crippen molar-refractivity contribution >= 4 is 48.7 Å². The van der Waals surface area contributed by atoms with Crippen LogP contribution in [0.1, 0.15) is 5.56 Å². The van der Waals surface area contributed by atoms with Gasteiger partial charge in [0.25, 0.3) is 25.7 Å². The minimum Gasteiger partial charge on any atom is -0.280 e. The summed E-state index contributed by atoms with van der Waals surface area (Å²) in [5, 5.41) is 11.1. The first-order valence-electron chi connectivity index (χ1n) is 8.65. The van der Waals surface area contributed by atoms with Crippen LogP contribution in [0.3, 0.4) is 0 Å². The van der Waals surface area contributed by atoms with Gasteiger partial charge >= 0.3 is 0 Å². The fraction of sp³-hybridized carbons (Fsp3) is 0.0526. The molecule has 0 heterocycles. The number of anilines is 2. The number of para-hydroxylation sites is 1. The molecule has 12 heteroatoms. The molecule has 0 saturated carbocycles. The maximum Gasteiger partial charge on any atom is 0.275 e. The molecule has 0 spiro atoms. The molecule has 0 radical (unpaired) electrons. The molecule has 2 N–H and O–H groups in total. The summed E-state index contributed by atoms with van der Waals surface area (Å²) in [6.07, 6.45) is 0. The molecule has 162 valence electrons. The molecule has 0 aliphatic carbocycles. The molecule has 0 aliphatic rings. The Labute approximate surface area is 183 Å². The van der Waals surface area contributed by atoms with E-state index in [1.165, 1.54) is 31.2 Å². The van der Waals surface area contributed by atoms with Gasteiger partial charge in [-0.25, -0.2) is 16.8 Å². The molecule has 9 nitrogen and oxygen atoms in total. The van der Waals surface area contributed by atoms with Crippen LogP contribution in [0, 0.1) is 17.0 Å². The molecule has 3 aromatic carbocycles. The molecule has 0 amide bonds. The van der Waals surface area contributed by atoms with Crippen LogP contribution in [-0.4, -0.2) is 21.8 Å². The highest BCUT2D eigenvalue weighted by Crippen LogP contribution is 2.30. The van der Waals surface area contributed by atoms with Crippen molar-refractivity contribution in [1.82, 2.24) is 0 Å². The van der Waals surface area contributed by atoms with Gasteiger partial charge in [-0.3, -0.25) is 19.6 Å². The van der Waals surface area contributed by atoms with E-state index in [1.54, 1.807) is 30.3 Å². The van der Waals surface area contributed by atoms with Gasteiger partial charge in [0.1, 0.15) is 0 Å². The van der Waals surface area contributed by atoms with E-state index in [1.807, 2.05) is 0 Å². The van der Waals surface area contributed by atoms with Crippen LogP contribution < -0.4 is 9.44 Å². The molecule has 0 fully saturated rings. The third-order valence-electron chi connectivity index (χ3n) is 4.24. The number of benzene rings is 3. The topological polar surface area (TPSA) is 135 Å². The van der Waals surface area contributed by atoms with Crippen molar-refractivity contribution in [3.05, 3.63) is 87.4 Å². The molecule has 31 heavy (non-hydrogen) atoms. The van der Waals surface area contributed by atoms with Gasteiger partial charge in [0.05, 0.1) is 19.7 Å². The van der Waals surface area contributed by atoms with E-state index in [2.05, 4.69) is 9.44 Å². The Balaban J connectivity index is 1.85. The van der Waals surface area contributed by atoms with E-state index in [0.29, 0.717) is 5.69 Å². The van der Waals surface area contributed by atoms with Crippen LogP contribution in [0.2, 0.25) is 5.02 Å². The minimum absolute atomic E-state index is 0.0667. The van der Waals surface area contributed by atoms with Gasteiger partial charge in [0.2, 0.25) is 0 Å². The number of nitro benzene ring substituents is 1. The van der Waals surface area contributed by atoms with Crippen LogP contribution in [-0.2, 0) is 20.0 Å². The van der Waals surface area contributed by atoms with Gasteiger partial charge in [0.15, 0.2) is 0 Å². The number of sulfonamides is 2. The molecule has 0 unspecified atom stereocenters. The van der Waals surface area contributed by atoms with Gasteiger partial charge in [-0.15, -0.1) is 0 Å². The summed E-state index contributed by atoms with van der Waals surface area (Å²) in [6, 6.07) is 15.3. The zero-order chi connectivity index (χ0) is 22.8. The maximum atomic E-state index is 12.6. The number of rotatable bonds is 7. The first-order chi connectivity index (χ1) is 14.5. The second-order valence-corrected chi connectivity index (χ2v) is 10.2. The molecule has 0 atom stereocenters. The van der Waals surface area contributed by atoms with Crippen molar-refractivity contribution in [2.24, 2.45) is 0 Å². The first-order valence-corrected chi connectivity index (χ1v) is 12.0. The van der Waals surface area contributed by atoms with Crippen molar-refractivity contribution in [2.75, 3.05) is 9.44 Å². The lowest BCUT2D eigenvalue weighted by atomic mass is 10.2. The molecule has 0 bridgehead atoms. The monoisotopic (exact) mass is 481 g/mol. The summed E-state index contributed by atoms with van der Waals surface area (Å²) < 4.78 is 54.9. The quantitative estimate of drug-likeness (QED) is 0.384. The van der Waals surface area contributed by atoms with Gasteiger partial charge in [-0.1, -0.05) is 29.8 Å². The Morgan fingerprint density at radius 3 is 1.87 bits per heavy atom. The molecular formula is C19H16ClN3O6S2. The average Bonchev–Trinajstić information content (AvgIpc) is 2.70. The normalized spacial score (nSPS) is 11.7. The van der Waals surface area contributed by atoms with Crippen molar-refractivity contribution in [3.63, 3.8) is 0 Å². The van der Waals surface area contributed by atoms with Crippen LogP contribution in [0.4, 0.5) is 17.1 Å². The van der Waals surface area contributed by atoms with Gasteiger partial charge in [0, 0.05) is 23.0 Å². The summed E-state index contributed by atoms with van der Waals surface area (Å²) in [4.78, 5) is 9.95. The summed E-state index contributed by atoms with van der Waals surface area (Å²) >= 11 is 5.94. The number of halogens is 1. The third-order valence-corrected chi connectivity index (χ3v) is 7.39. The Bertz CT molecular complexity index is 1340. The lowest BCUT2D eigenvalue weighted by Gasteiger charge is -2.11. The Hall–Kier alpha value is -3.15. The van der Waals surface area contributed by atoms with E-state index in [0.717, 1.165) is 12.1 Å². The standard InChI is InChI=1S/C19H16ClN3O6S2/c1-13-18(20)11-17(12-19(13)23(24)25)31(28,29)22-15-7-9-16(10-8-15)30(26,27)21-14-5-3-2-4-6-14/h2-12,21-22H,1H3.